The summed E-state index contributed by atoms with van der Waals surface area (Å²) in [5.74, 6) is 0. The smallest absolute Gasteiger partial charge is 0.0594 e. The van der Waals surface area contributed by atoms with Gasteiger partial charge in [-0.05, 0) is 25.7 Å². The fourth-order valence-corrected chi connectivity index (χ4v) is 3.61. The number of rotatable bonds is 2. The predicted molar refractivity (Wildman–Crippen MR) is 66.0 cm³/mol. The number of aliphatic hydroxyl groups excluding tert-OH is 1. The van der Waals surface area contributed by atoms with Crippen LogP contribution >= 0.6 is 0 Å². The molecule has 3 aliphatic rings. The van der Waals surface area contributed by atoms with Gasteiger partial charge in [0.1, 0.15) is 0 Å². The summed E-state index contributed by atoms with van der Waals surface area (Å²) < 4.78 is 5.41. The second-order valence-corrected chi connectivity index (χ2v) is 5.71. The minimum Gasteiger partial charge on any atom is -0.393 e. The molecular formula is C13H24N2O2. The Kier molecular flexibility index (Phi) is 3.66. The molecular weight excluding hydrogens is 216 g/mol. The average molecular weight is 240 g/mol. The first-order valence-corrected chi connectivity index (χ1v) is 7.07. The van der Waals surface area contributed by atoms with E-state index < -0.39 is 0 Å². The zero-order valence-corrected chi connectivity index (χ0v) is 10.6. The maximum atomic E-state index is 9.62. The first-order valence-electron chi connectivity index (χ1n) is 7.07. The molecule has 98 valence electrons. The Morgan fingerprint density at radius 2 is 1.71 bits per heavy atom. The van der Waals surface area contributed by atoms with E-state index in [9.17, 15) is 5.11 Å². The summed E-state index contributed by atoms with van der Waals surface area (Å²) in [5.41, 5.74) is 0. The van der Waals surface area contributed by atoms with E-state index in [0.717, 1.165) is 45.2 Å². The molecule has 0 bridgehead atoms. The minimum absolute atomic E-state index is 0.0394. The van der Waals surface area contributed by atoms with E-state index in [1.165, 1.54) is 25.9 Å². The van der Waals surface area contributed by atoms with Gasteiger partial charge in [-0.15, -0.1) is 0 Å². The molecule has 1 saturated carbocycles. The third kappa shape index (κ3) is 2.65. The Labute approximate surface area is 104 Å². The van der Waals surface area contributed by atoms with Crippen LogP contribution in [0.4, 0.5) is 0 Å². The van der Waals surface area contributed by atoms with Crippen LogP contribution in [0, 0.1) is 0 Å². The first-order chi connectivity index (χ1) is 8.33. The van der Waals surface area contributed by atoms with Crippen molar-refractivity contribution in [3.63, 3.8) is 0 Å². The monoisotopic (exact) mass is 240 g/mol. The summed E-state index contributed by atoms with van der Waals surface area (Å²) in [4.78, 5) is 5.20. The van der Waals surface area contributed by atoms with E-state index in [1.54, 1.807) is 0 Å². The van der Waals surface area contributed by atoms with Crippen molar-refractivity contribution in [1.82, 2.24) is 9.80 Å². The quantitative estimate of drug-likeness (QED) is 0.753. The van der Waals surface area contributed by atoms with E-state index in [-0.39, 0.29) is 6.10 Å². The van der Waals surface area contributed by atoms with Crippen molar-refractivity contribution in [2.75, 3.05) is 39.4 Å². The summed E-state index contributed by atoms with van der Waals surface area (Å²) >= 11 is 0. The van der Waals surface area contributed by atoms with Crippen molar-refractivity contribution >= 4 is 0 Å². The zero-order valence-electron chi connectivity index (χ0n) is 10.6. The molecule has 3 unspecified atom stereocenters. The second kappa shape index (κ2) is 5.22. The van der Waals surface area contributed by atoms with Gasteiger partial charge in [0.25, 0.3) is 0 Å². The van der Waals surface area contributed by atoms with Gasteiger partial charge in [-0.25, -0.2) is 0 Å². The third-order valence-electron chi connectivity index (χ3n) is 4.65. The zero-order chi connectivity index (χ0) is 11.7. The van der Waals surface area contributed by atoms with E-state index in [0.29, 0.717) is 6.04 Å². The van der Waals surface area contributed by atoms with Crippen molar-refractivity contribution in [1.29, 1.82) is 0 Å². The fourth-order valence-electron chi connectivity index (χ4n) is 3.61. The fraction of sp³-hybridized carbons (Fsp3) is 1.00. The molecule has 17 heavy (non-hydrogen) atoms. The Morgan fingerprint density at radius 1 is 0.882 bits per heavy atom. The average Bonchev–Trinajstić information content (AvgIpc) is 2.98. The Hall–Kier alpha value is -0.160. The highest BCUT2D eigenvalue weighted by Crippen LogP contribution is 2.28. The van der Waals surface area contributed by atoms with Crippen LogP contribution in [0.5, 0.6) is 0 Å². The van der Waals surface area contributed by atoms with Gasteiger partial charge in [0, 0.05) is 38.3 Å². The van der Waals surface area contributed by atoms with Gasteiger partial charge in [-0.2, -0.15) is 0 Å². The molecule has 1 N–H and O–H groups in total. The molecule has 1 aliphatic carbocycles. The van der Waals surface area contributed by atoms with Crippen molar-refractivity contribution in [3.05, 3.63) is 0 Å². The van der Waals surface area contributed by atoms with Crippen molar-refractivity contribution in [3.8, 4) is 0 Å². The molecule has 0 aromatic rings. The van der Waals surface area contributed by atoms with Crippen LogP contribution in [0.25, 0.3) is 0 Å². The lowest BCUT2D eigenvalue weighted by Gasteiger charge is -2.32. The highest BCUT2D eigenvalue weighted by atomic mass is 16.5. The number of hydrogen-bond donors (Lipinski definition) is 1. The van der Waals surface area contributed by atoms with Crippen LogP contribution in [-0.2, 0) is 4.74 Å². The number of likely N-dealkylation sites (tertiary alicyclic amines) is 1. The topological polar surface area (TPSA) is 35.9 Å². The normalized spacial score (nSPS) is 41.1. The van der Waals surface area contributed by atoms with Crippen LogP contribution in [-0.4, -0.2) is 72.5 Å². The molecule has 0 aromatic carbocycles. The lowest BCUT2D eigenvalue weighted by atomic mass is 10.2. The molecule has 2 saturated heterocycles. The van der Waals surface area contributed by atoms with Gasteiger partial charge in [-0.1, -0.05) is 0 Å². The highest BCUT2D eigenvalue weighted by molar-refractivity contribution is 4.91. The Balaban J connectivity index is 1.51. The van der Waals surface area contributed by atoms with Gasteiger partial charge in [0.2, 0.25) is 0 Å². The number of nitrogens with zero attached hydrogens (tertiary/aromatic N) is 2. The molecule has 4 heteroatoms. The summed E-state index contributed by atoms with van der Waals surface area (Å²) in [7, 11) is 0. The maximum absolute atomic E-state index is 9.62. The molecule has 0 aromatic heterocycles. The van der Waals surface area contributed by atoms with Gasteiger partial charge in [0.15, 0.2) is 0 Å². The van der Waals surface area contributed by atoms with Crippen LogP contribution in [0.3, 0.4) is 0 Å². The molecule has 2 aliphatic heterocycles. The molecule has 3 fully saturated rings. The van der Waals surface area contributed by atoms with Crippen LogP contribution < -0.4 is 0 Å². The standard InChI is InChI=1S/C13H24N2O2/c16-13-2-1-11(9-13)15-4-3-12(10-15)14-5-7-17-8-6-14/h11-13,16H,1-10H2. The van der Waals surface area contributed by atoms with Gasteiger partial charge in [0.05, 0.1) is 19.3 Å². The highest BCUT2D eigenvalue weighted by Gasteiger charge is 2.35. The lowest BCUT2D eigenvalue weighted by molar-refractivity contribution is 0.0175. The molecule has 4 nitrogen and oxygen atoms in total. The first kappa shape index (κ1) is 11.9. The molecule has 3 rings (SSSR count). The largest absolute Gasteiger partial charge is 0.393 e. The molecule has 0 amide bonds. The summed E-state index contributed by atoms with van der Waals surface area (Å²) in [5, 5.41) is 9.62. The van der Waals surface area contributed by atoms with Gasteiger partial charge < -0.3 is 9.84 Å². The second-order valence-electron chi connectivity index (χ2n) is 5.71. The summed E-state index contributed by atoms with van der Waals surface area (Å²) in [6.45, 7) is 6.44. The molecule has 0 radical (unpaired) electrons. The van der Waals surface area contributed by atoms with Crippen LogP contribution in [0.15, 0.2) is 0 Å². The SMILES string of the molecule is OC1CCC(N2CCC(N3CCOCC3)C2)C1. The Bertz CT molecular complexity index is 245. The minimum atomic E-state index is -0.0394. The van der Waals surface area contributed by atoms with Gasteiger partial charge in [-0.3, -0.25) is 9.80 Å². The maximum Gasteiger partial charge on any atom is 0.0594 e. The Morgan fingerprint density at radius 3 is 2.41 bits per heavy atom. The number of hydrogen-bond acceptors (Lipinski definition) is 4. The van der Waals surface area contributed by atoms with E-state index in [1.807, 2.05) is 0 Å². The molecule has 2 heterocycles. The number of aliphatic hydroxyl groups is 1. The third-order valence-corrected chi connectivity index (χ3v) is 4.65. The summed E-state index contributed by atoms with van der Waals surface area (Å²) in [6.07, 6.45) is 4.45. The van der Waals surface area contributed by atoms with E-state index in [4.69, 9.17) is 4.74 Å². The van der Waals surface area contributed by atoms with E-state index in [2.05, 4.69) is 9.80 Å². The van der Waals surface area contributed by atoms with Crippen LogP contribution in [0.2, 0.25) is 0 Å². The summed E-state index contributed by atoms with van der Waals surface area (Å²) in [6, 6.07) is 1.38. The van der Waals surface area contributed by atoms with Gasteiger partial charge >= 0.3 is 0 Å². The number of ether oxygens (including phenoxy) is 1. The van der Waals surface area contributed by atoms with Crippen molar-refractivity contribution in [2.45, 2.75) is 43.9 Å². The van der Waals surface area contributed by atoms with Crippen molar-refractivity contribution < 1.29 is 9.84 Å². The van der Waals surface area contributed by atoms with Crippen LogP contribution in [0.1, 0.15) is 25.7 Å². The lowest BCUT2D eigenvalue weighted by Crippen LogP contribution is -2.45. The number of morpholine rings is 1. The van der Waals surface area contributed by atoms with Crippen molar-refractivity contribution in [2.24, 2.45) is 0 Å². The van der Waals surface area contributed by atoms with E-state index >= 15 is 0 Å². The molecule has 3 atom stereocenters. The predicted octanol–water partition coefficient (Wildman–Crippen LogP) is 0.306. The molecule has 0 spiro atoms.